The number of nitrogens with zero attached hydrogens (tertiary/aromatic N) is 1. The fourth-order valence-electron chi connectivity index (χ4n) is 3.00. The van der Waals surface area contributed by atoms with Crippen molar-refractivity contribution >= 4 is 0 Å². The SMILES string of the molecule is CC1CC(N)CCN1CC1(C)CCOCC1. The van der Waals surface area contributed by atoms with Gasteiger partial charge < -0.3 is 15.4 Å². The van der Waals surface area contributed by atoms with Crippen LogP contribution in [0.2, 0.25) is 0 Å². The Morgan fingerprint density at radius 1 is 1.38 bits per heavy atom. The zero-order valence-corrected chi connectivity index (χ0v) is 10.7. The molecule has 0 amide bonds. The molecule has 0 radical (unpaired) electrons. The summed E-state index contributed by atoms with van der Waals surface area (Å²) >= 11 is 0. The lowest BCUT2D eigenvalue weighted by atomic mass is 9.81. The Labute approximate surface area is 99.3 Å². The molecule has 0 spiro atoms. The van der Waals surface area contributed by atoms with Crippen LogP contribution in [-0.2, 0) is 4.74 Å². The Morgan fingerprint density at radius 2 is 2.06 bits per heavy atom. The summed E-state index contributed by atoms with van der Waals surface area (Å²) in [6.45, 7) is 9.03. The number of likely N-dealkylation sites (tertiary alicyclic amines) is 1. The van der Waals surface area contributed by atoms with Gasteiger partial charge in [-0.1, -0.05) is 6.92 Å². The Hall–Kier alpha value is -0.120. The molecule has 3 nitrogen and oxygen atoms in total. The Kier molecular flexibility index (Phi) is 3.88. The fourth-order valence-corrected chi connectivity index (χ4v) is 3.00. The normalized spacial score (nSPS) is 36.2. The smallest absolute Gasteiger partial charge is 0.0471 e. The number of hydrogen-bond donors (Lipinski definition) is 1. The lowest BCUT2D eigenvalue weighted by Gasteiger charge is -2.43. The average molecular weight is 226 g/mol. The average Bonchev–Trinajstić information content (AvgIpc) is 2.23. The summed E-state index contributed by atoms with van der Waals surface area (Å²) in [4.78, 5) is 2.63. The van der Waals surface area contributed by atoms with Gasteiger partial charge in [-0.2, -0.15) is 0 Å². The van der Waals surface area contributed by atoms with Gasteiger partial charge in [0, 0.05) is 31.8 Å². The minimum atomic E-state index is 0.425. The van der Waals surface area contributed by atoms with E-state index in [2.05, 4.69) is 18.7 Å². The molecule has 2 fully saturated rings. The number of hydrogen-bond acceptors (Lipinski definition) is 3. The molecule has 0 aromatic carbocycles. The van der Waals surface area contributed by atoms with E-state index in [1.807, 2.05) is 0 Å². The molecule has 16 heavy (non-hydrogen) atoms. The number of piperidine rings is 1. The van der Waals surface area contributed by atoms with Crippen molar-refractivity contribution < 1.29 is 4.74 Å². The molecule has 2 atom stereocenters. The summed E-state index contributed by atoms with van der Waals surface area (Å²) in [5.74, 6) is 0. The Balaban J connectivity index is 1.88. The first-order valence-corrected chi connectivity index (χ1v) is 6.66. The van der Waals surface area contributed by atoms with Crippen LogP contribution in [-0.4, -0.2) is 43.3 Å². The van der Waals surface area contributed by atoms with Gasteiger partial charge in [0.2, 0.25) is 0 Å². The van der Waals surface area contributed by atoms with E-state index < -0.39 is 0 Å². The van der Waals surface area contributed by atoms with E-state index in [4.69, 9.17) is 10.5 Å². The zero-order chi connectivity index (χ0) is 11.6. The molecule has 0 bridgehead atoms. The summed E-state index contributed by atoms with van der Waals surface area (Å²) < 4.78 is 5.46. The second-order valence-electron chi connectivity index (χ2n) is 6.03. The lowest BCUT2D eigenvalue weighted by molar-refractivity contribution is -0.00780. The highest BCUT2D eigenvalue weighted by Crippen LogP contribution is 2.32. The van der Waals surface area contributed by atoms with Crippen molar-refractivity contribution in [3.63, 3.8) is 0 Å². The van der Waals surface area contributed by atoms with Crippen LogP contribution < -0.4 is 5.73 Å². The molecule has 0 aliphatic carbocycles. The first-order valence-electron chi connectivity index (χ1n) is 6.66. The summed E-state index contributed by atoms with van der Waals surface area (Å²) in [6, 6.07) is 1.08. The zero-order valence-electron chi connectivity index (χ0n) is 10.7. The molecule has 2 heterocycles. The summed E-state index contributed by atoms with van der Waals surface area (Å²) in [5, 5.41) is 0. The van der Waals surface area contributed by atoms with Gasteiger partial charge in [0.1, 0.15) is 0 Å². The molecular weight excluding hydrogens is 200 g/mol. The largest absolute Gasteiger partial charge is 0.381 e. The number of nitrogens with two attached hydrogens (primary N) is 1. The highest BCUT2D eigenvalue weighted by Gasteiger charge is 2.33. The first-order chi connectivity index (χ1) is 7.59. The van der Waals surface area contributed by atoms with E-state index in [1.165, 1.54) is 25.9 Å². The van der Waals surface area contributed by atoms with E-state index >= 15 is 0 Å². The van der Waals surface area contributed by atoms with E-state index in [1.54, 1.807) is 0 Å². The third-order valence-electron chi connectivity index (χ3n) is 4.34. The lowest BCUT2D eigenvalue weighted by Crippen LogP contribution is -2.50. The van der Waals surface area contributed by atoms with Crippen LogP contribution in [0.5, 0.6) is 0 Å². The highest BCUT2D eigenvalue weighted by atomic mass is 16.5. The van der Waals surface area contributed by atoms with E-state index in [-0.39, 0.29) is 0 Å². The van der Waals surface area contributed by atoms with Crippen LogP contribution in [0.3, 0.4) is 0 Å². The molecule has 2 N–H and O–H groups in total. The van der Waals surface area contributed by atoms with Gasteiger partial charge in [-0.05, 0) is 44.6 Å². The van der Waals surface area contributed by atoms with Crippen molar-refractivity contribution in [2.75, 3.05) is 26.3 Å². The van der Waals surface area contributed by atoms with Gasteiger partial charge in [0.05, 0.1) is 0 Å². The van der Waals surface area contributed by atoms with Crippen molar-refractivity contribution in [1.82, 2.24) is 4.90 Å². The van der Waals surface area contributed by atoms with Gasteiger partial charge in [-0.15, -0.1) is 0 Å². The predicted octanol–water partition coefficient (Wildman–Crippen LogP) is 1.61. The molecule has 2 aliphatic rings. The second kappa shape index (κ2) is 5.03. The number of ether oxygens (including phenoxy) is 1. The topological polar surface area (TPSA) is 38.5 Å². The Bertz CT molecular complexity index is 226. The van der Waals surface area contributed by atoms with Crippen LogP contribution in [0.25, 0.3) is 0 Å². The van der Waals surface area contributed by atoms with Crippen LogP contribution in [0.4, 0.5) is 0 Å². The van der Waals surface area contributed by atoms with Crippen LogP contribution >= 0.6 is 0 Å². The summed E-state index contributed by atoms with van der Waals surface area (Å²) in [7, 11) is 0. The van der Waals surface area contributed by atoms with Gasteiger partial charge >= 0.3 is 0 Å². The van der Waals surface area contributed by atoms with Gasteiger partial charge in [0.25, 0.3) is 0 Å². The monoisotopic (exact) mass is 226 g/mol. The van der Waals surface area contributed by atoms with Crippen LogP contribution in [0, 0.1) is 5.41 Å². The van der Waals surface area contributed by atoms with Crippen LogP contribution in [0.1, 0.15) is 39.5 Å². The minimum Gasteiger partial charge on any atom is -0.381 e. The minimum absolute atomic E-state index is 0.425. The maximum atomic E-state index is 6.01. The standard InChI is InChI=1S/C13H26N2O/c1-11-9-12(14)3-6-15(11)10-13(2)4-7-16-8-5-13/h11-12H,3-10,14H2,1-2H3. The molecule has 2 aliphatic heterocycles. The van der Waals surface area contributed by atoms with Crippen molar-refractivity contribution in [3.05, 3.63) is 0 Å². The van der Waals surface area contributed by atoms with Crippen molar-refractivity contribution in [1.29, 1.82) is 0 Å². The van der Waals surface area contributed by atoms with Crippen molar-refractivity contribution in [2.24, 2.45) is 11.1 Å². The number of rotatable bonds is 2. The van der Waals surface area contributed by atoms with Gasteiger partial charge in [0.15, 0.2) is 0 Å². The van der Waals surface area contributed by atoms with Crippen molar-refractivity contribution in [2.45, 2.75) is 51.6 Å². The molecule has 0 aromatic rings. The molecular formula is C13H26N2O. The molecule has 0 saturated carbocycles. The second-order valence-corrected chi connectivity index (χ2v) is 6.03. The Morgan fingerprint density at radius 3 is 2.69 bits per heavy atom. The van der Waals surface area contributed by atoms with Gasteiger partial charge in [-0.3, -0.25) is 0 Å². The molecule has 2 saturated heterocycles. The third kappa shape index (κ3) is 2.96. The maximum absolute atomic E-state index is 6.01. The summed E-state index contributed by atoms with van der Waals surface area (Å²) in [6.07, 6.45) is 4.74. The highest BCUT2D eigenvalue weighted by molar-refractivity contribution is 4.87. The van der Waals surface area contributed by atoms with Gasteiger partial charge in [-0.25, -0.2) is 0 Å². The van der Waals surface area contributed by atoms with E-state index in [0.717, 1.165) is 26.1 Å². The predicted molar refractivity (Wildman–Crippen MR) is 66.4 cm³/mol. The molecule has 2 unspecified atom stereocenters. The summed E-state index contributed by atoms with van der Waals surface area (Å²) in [5.41, 5.74) is 6.47. The molecule has 0 aromatic heterocycles. The van der Waals surface area contributed by atoms with E-state index in [0.29, 0.717) is 17.5 Å². The molecule has 3 heteroatoms. The third-order valence-corrected chi connectivity index (χ3v) is 4.34. The quantitative estimate of drug-likeness (QED) is 0.777. The first kappa shape index (κ1) is 12.3. The van der Waals surface area contributed by atoms with Crippen molar-refractivity contribution in [3.8, 4) is 0 Å². The molecule has 94 valence electrons. The van der Waals surface area contributed by atoms with E-state index in [9.17, 15) is 0 Å². The fraction of sp³-hybridized carbons (Fsp3) is 1.00. The van der Waals surface area contributed by atoms with Crippen LogP contribution in [0.15, 0.2) is 0 Å². The maximum Gasteiger partial charge on any atom is 0.0471 e. The molecule has 2 rings (SSSR count).